The van der Waals surface area contributed by atoms with Gasteiger partial charge in [0.25, 0.3) is 0 Å². The number of aromatic nitrogens is 2. The van der Waals surface area contributed by atoms with Crippen molar-refractivity contribution in [3.8, 4) is 22.4 Å². The number of hydrogen-bond acceptors (Lipinski definition) is 5. The Morgan fingerprint density at radius 2 is 1.57 bits per heavy atom. The minimum atomic E-state index is 0. The van der Waals surface area contributed by atoms with Crippen LogP contribution in [0.3, 0.4) is 0 Å². The molecule has 0 aliphatic heterocycles. The predicted octanol–water partition coefficient (Wildman–Crippen LogP) is 11.9. The molecule has 1 radical (unpaired) electrons. The molecule has 263 valence electrons. The molecule has 0 amide bonds. The Morgan fingerprint density at radius 1 is 0.918 bits per heavy atom. The summed E-state index contributed by atoms with van der Waals surface area (Å²) in [5.74, 6) is 1.08. The molecule has 49 heavy (non-hydrogen) atoms. The van der Waals surface area contributed by atoms with Crippen LogP contribution < -0.4 is 0 Å². The molecule has 5 nitrogen and oxygen atoms in total. The van der Waals surface area contributed by atoms with E-state index in [1.165, 1.54) is 22.6 Å². The summed E-state index contributed by atoms with van der Waals surface area (Å²) in [7, 11) is 0. The van der Waals surface area contributed by atoms with Crippen molar-refractivity contribution < 1.29 is 34.4 Å². The largest absolute Gasteiger partial charge is 0.512 e. The van der Waals surface area contributed by atoms with Gasteiger partial charge in [-0.05, 0) is 66.7 Å². The van der Waals surface area contributed by atoms with Crippen LogP contribution in [0.15, 0.2) is 83.4 Å². The van der Waals surface area contributed by atoms with E-state index in [9.17, 15) is 9.90 Å². The van der Waals surface area contributed by atoms with Gasteiger partial charge < -0.3 is 9.52 Å². The molecule has 0 unspecified atom stereocenters. The number of pyridine rings is 2. The summed E-state index contributed by atoms with van der Waals surface area (Å²) in [5, 5.41) is 13.2. The number of aliphatic hydroxyl groups excluding tert-OH is 1. The Hall–Kier alpha value is -3.60. The molecule has 3 heterocycles. The number of nitrogens with zero attached hydrogens (tertiary/aromatic N) is 2. The molecule has 6 heteroatoms. The van der Waals surface area contributed by atoms with E-state index in [2.05, 4.69) is 94.2 Å². The number of carbonyl (C=O) groups is 1. The predicted molar refractivity (Wildman–Crippen MR) is 200 cm³/mol. The molecule has 0 bridgehead atoms. The number of rotatable bonds is 11. The van der Waals surface area contributed by atoms with E-state index >= 15 is 0 Å². The van der Waals surface area contributed by atoms with Gasteiger partial charge in [-0.2, -0.15) is 0 Å². The van der Waals surface area contributed by atoms with Crippen LogP contribution in [0.25, 0.3) is 44.3 Å². The minimum Gasteiger partial charge on any atom is -0.512 e. The monoisotopic (exact) mass is 838 g/mol. The van der Waals surface area contributed by atoms with Crippen LogP contribution in [0.2, 0.25) is 0 Å². The molecular formula is C43H53IrN2O3-. The van der Waals surface area contributed by atoms with Crippen LogP contribution in [0.5, 0.6) is 0 Å². The number of allylic oxidation sites excluding steroid dienone is 2. The quantitative estimate of drug-likeness (QED) is 0.0815. The van der Waals surface area contributed by atoms with E-state index in [1.54, 1.807) is 0 Å². The third kappa shape index (κ3) is 9.77. The first kappa shape index (κ1) is 39.8. The van der Waals surface area contributed by atoms with Gasteiger partial charge in [-0.1, -0.05) is 97.5 Å². The normalized spacial score (nSPS) is 12.0. The first-order valence-corrected chi connectivity index (χ1v) is 17.6. The van der Waals surface area contributed by atoms with Gasteiger partial charge in [0.2, 0.25) is 5.71 Å². The summed E-state index contributed by atoms with van der Waals surface area (Å²) >= 11 is 0. The third-order valence-electron chi connectivity index (χ3n) is 9.19. The van der Waals surface area contributed by atoms with E-state index < -0.39 is 0 Å². The van der Waals surface area contributed by atoms with E-state index in [4.69, 9.17) is 9.40 Å². The molecule has 0 aliphatic rings. The van der Waals surface area contributed by atoms with Gasteiger partial charge in [-0.25, -0.2) is 4.98 Å². The fourth-order valence-corrected chi connectivity index (χ4v) is 6.37. The van der Waals surface area contributed by atoms with Crippen molar-refractivity contribution in [1.29, 1.82) is 0 Å². The summed E-state index contributed by atoms with van der Waals surface area (Å²) in [6, 6.07) is 20.6. The molecular weight excluding hydrogens is 785 g/mol. The van der Waals surface area contributed by atoms with E-state index in [0.717, 1.165) is 65.3 Å². The van der Waals surface area contributed by atoms with Gasteiger partial charge in [0.05, 0.1) is 17.4 Å². The van der Waals surface area contributed by atoms with E-state index in [-0.39, 0.29) is 48.9 Å². The number of aliphatic hydroxyl groups is 1. The van der Waals surface area contributed by atoms with Gasteiger partial charge in [0, 0.05) is 61.7 Å². The molecule has 0 saturated heterocycles. The molecule has 1 N–H and O–H groups in total. The molecule has 0 aliphatic carbocycles. The smallest absolute Gasteiger partial charge is 0.226 e. The summed E-state index contributed by atoms with van der Waals surface area (Å²) in [6.07, 6.45) is 11.4. The van der Waals surface area contributed by atoms with E-state index in [1.807, 2.05) is 46.4 Å². The van der Waals surface area contributed by atoms with Crippen molar-refractivity contribution in [1.82, 2.24) is 9.97 Å². The van der Waals surface area contributed by atoms with Gasteiger partial charge in [0.15, 0.2) is 5.78 Å². The number of furan rings is 1. The molecule has 0 atom stereocenters. The molecule has 5 rings (SSSR count). The maximum absolute atomic E-state index is 11.7. The van der Waals surface area contributed by atoms with Crippen molar-refractivity contribution in [3.63, 3.8) is 0 Å². The Morgan fingerprint density at radius 3 is 2.20 bits per heavy atom. The van der Waals surface area contributed by atoms with Crippen molar-refractivity contribution in [3.05, 3.63) is 96.2 Å². The fraction of sp³-hybridized carbons (Fsp3) is 0.419. The standard InChI is InChI=1S/C30H29N2O.C13H24O2.Ir/c1-19(2)14-23-18-33-29-28(23)25(11-13-32-29)21-10-12-31-27(17-21)22-15-20-8-6-7-9-24(20)26(16-22)30(3,4)5;1-5-10(6-2)12(14)9-13(15)11(7-3)8-4;/h6-13,16-19H,14H2,1-5H3;9-11,14H,5-8H2,1-4H3;/q-1;;/b;12-9-;. The van der Waals surface area contributed by atoms with Gasteiger partial charge in [0.1, 0.15) is 0 Å². The zero-order valence-electron chi connectivity index (χ0n) is 30.7. The summed E-state index contributed by atoms with van der Waals surface area (Å²) in [5.41, 5.74) is 7.38. The van der Waals surface area contributed by atoms with Crippen LogP contribution in [-0.4, -0.2) is 20.9 Å². The zero-order chi connectivity index (χ0) is 35.0. The Labute approximate surface area is 307 Å². The topological polar surface area (TPSA) is 76.2 Å². The first-order valence-electron chi connectivity index (χ1n) is 17.6. The molecule has 2 aromatic carbocycles. The third-order valence-corrected chi connectivity index (χ3v) is 9.19. The second-order valence-corrected chi connectivity index (χ2v) is 14.2. The van der Waals surface area contributed by atoms with Gasteiger partial charge in [-0.15, -0.1) is 29.1 Å². The summed E-state index contributed by atoms with van der Waals surface area (Å²) < 4.78 is 5.80. The van der Waals surface area contributed by atoms with Crippen LogP contribution in [-0.2, 0) is 36.7 Å². The SMILES string of the molecule is CC(C)Cc1coc2nccc(-c3ccnc(-c4[c-]c5ccccc5c(C(C)(C)C)c4)c3)c12.CCC(CC)C(=O)/C=C(\O)C(CC)CC.[Ir]. The molecule has 0 fully saturated rings. The van der Waals surface area contributed by atoms with Crippen molar-refractivity contribution in [2.24, 2.45) is 17.8 Å². The number of hydrogen-bond donors (Lipinski definition) is 1. The summed E-state index contributed by atoms with van der Waals surface area (Å²) in [4.78, 5) is 20.9. The maximum atomic E-state index is 11.7. The number of carbonyl (C=O) groups excluding carboxylic acids is 1. The van der Waals surface area contributed by atoms with Gasteiger partial charge >= 0.3 is 0 Å². The average Bonchev–Trinajstić information content (AvgIpc) is 3.47. The van der Waals surface area contributed by atoms with Crippen LogP contribution >= 0.6 is 0 Å². The number of benzene rings is 2. The first-order chi connectivity index (χ1) is 22.9. The second kappa shape index (κ2) is 17.9. The molecule has 3 aromatic heterocycles. The number of fused-ring (bicyclic) bond motifs is 2. The second-order valence-electron chi connectivity index (χ2n) is 14.2. The van der Waals surface area contributed by atoms with Crippen LogP contribution in [0.1, 0.15) is 99.1 Å². The van der Waals surface area contributed by atoms with Gasteiger partial charge in [-0.3, -0.25) is 9.78 Å². The number of ketones is 1. The average molecular weight is 838 g/mol. The molecule has 0 saturated carbocycles. The van der Waals surface area contributed by atoms with Crippen molar-refractivity contribution in [2.45, 2.75) is 99.8 Å². The van der Waals surface area contributed by atoms with Crippen LogP contribution in [0, 0.1) is 23.8 Å². The maximum Gasteiger partial charge on any atom is 0.226 e. The Kier molecular flexibility index (Phi) is 14.5. The molecule has 5 aromatic rings. The zero-order valence-corrected chi connectivity index (χ0v) is 33.1. The van der Waals surface area contributed by atoms with Crippen LogP contribution in [0.4, 0.5) is 0 Å². The minimum absolute atomic E-state index is 0. The molecule has 0 spiro atoms. The summed E-state index contributed by atoms with van der Waals surface area (Å²) in [6.45, 7) is 19.3. The van der Waals surface area contributed by atoms with Crippen molar-refractivity contribution >= 4 is 27.7 Å². The fourth-order valence-electron chi connectivity index (χ4n) is 6.37. The van der Waals surface area contributed by atoms with Crippen molar-refractivity contribution in [2.75, 3.05) is 0 Å². The van der Waals surface area contributed by atoms with E-state index in [0.29, 0.717) is 11.6 Å². The Balaban J connectivity index is 0.000000347. The Bertz CT molecular complexity index is 1860.